The van der Waals surface area contributed by atoms with Crippen molar-refractivity contribution in [3.8, 4) is 11.5 Å². The van der Waals surface area contributed by atoms with Crippen LogP contribution in [0.25, 0.3) is 0 Å². The number of ether oxygens (including phenoxy) is 1. The number of carbonyl (C=O) groups is 1. The van der Waals surface area contributed by atoms with E-state index in [1.165, 1.54) is 11.2 Å². The summed E-state index contributed by atoms with van der Waals surface area (Å²) in [6, 6.07) is 16.0. The van der Waals surface area contributed by atoms with E-state index in [0.29, 0.717) is 17.2 Å². The fraction of sp³-hybridized carbons (Fsp3) is 0.235. The number of para-hydroxylation sites is 3. The Hall–Kier alpha value is -2.54. The molecule has 128 valence electrons. The van der Waals surface area contributed by atoms with Gasteiger partial charge in [-0.15, -0.1) is 0 Å². The Morgan fingerprint density at radius 1 is 1.08 bits per heavy atom. The maximum Gasteiger partial charge on any atom is 0.232 e. The minimum absolute atomic E-state index is 0.119. The van der Waals surface area contributed by atoms with Gasteiger partial charge in [-0.3, -0.25) is 9.10 Å². The molecule has 2 aromatic rings. The minimum Gasteiger partial charge on any atom is -0.455 e. The van der Waals surface area contributed by atoms with Gasteiger partial charge in [0.05, 0.1) is 18.5 Å². The van der Waals surface area contributed by atoms with Gasteiger partial charge in [0.25, 0.3) is 0 Å². The van der Waals surface area contributed by atoms with Crippen molar-refractivity contribution in [1.29, 1.82) is 0 Å². The third kappa shape index (κ3) is 4.99. The minimum atomic E-state index is -3.53. The van der Waals surface area contributed by atoms with Crippen molar-refractivity contribution in [2.75, 3.05) is 23.7 Å². The largest absolute Gasteiger partial charge is 0.455 e. The molecule has 0 fully saturated rings. The first kappa shape index (κ1) is 17.8. The van der Waals surface area contributed by atoms with Crippen molar-refractivity contribution in [3.63, 3.8) is 0 Å². The highest BCUT2D eigenvalue weighted by Crippen LogP contribution is 2.33. The van der Waals surface area contributed by atoms with E-state index in [1.54, 1.807) is 36.4 Å². The summed E-state index contributed by atoms with van der Waals surface area (Å²) in [7, 11) is -3.53. The van der Waals surface area contributed by atoms with Gasteiger partial charge in [0.1, 0.15) is 5.75 Å². The van der Waals surface area contributed by atoms with Crippen molar-refractivity contribution in [3.05, 3.63) is 54.6 Å². The average molecular weight is 348 g/mol. The molecule has 2 rings (SSSR count). The molecule has 1 N–H and O–H groups in total. The first-order valence-electron chi connectivity index (χ1n) is 7.42. The Kier molecular flexibility index (Phi) is 5.81. The molecule has 7 heteroatoms. The summed E-state index contributed by atoms with van der Waals surface area (Å²) >= 11 is 0. The van der Waals surface area contributed by atoms with Crippen molar-refractivity contribution < 1.29 is 17.9 Å². The van der Waals surface area contributed by atoms with Gasteiger partial charge in [-0.2, -0.15) is 0 Å². The lowest BCUT2D eigenvalue weighted by Gasteiger charge is -2.24. The van der Waals surface area contributed by atoms with Crippen molar-refractivity contribution in [2.45, 2.75) is 6.92 Å². The summed E-state index contributed by atoms with van der Waals surface area (Å²) in [6.07, 6.45) is 1.13. The van der Waals surface area contributed by atoms with Crippen LogP contribution in [0.2, 0.25) is 0 Å². The molecule has 0 aliphatic heterocycles. The summed E-state index contributed by atoms with van der Waals surface area (Å²) in [4.78, 5) is 11.0. The molecule has 0 bridgehead atoms. The Bertz CT molecular complexity index is 791. The van der Waals surface area contributed by atoms with Gasteiger partial charge in [0, 0.05) is 13.5 Å². The zero-order chi connectivity index (χ0) is 17.6. The molecule has 0 atom stereocenters. The number of carbonyl (C=O) groups excluding carboxylic acids is 1. The Morgan fingerprint density at radius 2 is 1.71 bits per heavy atom. The fourth-order valence-electron chi connectivity index (χ4n) is 2.16. The summed E-state index contributed by atoms with van der Waals surface area (Å²) in [6.45, 7) is 1.72. The normalized spacial score (nSPS) is 10.9. The maximum absolute atomic E-state index is 12.2. The van der Waals surface area contributed by atoms with Gasteiger partial charge in [-0.25, -0.2) is 8.42 Å². The molecule has 1 amide bonds. The smallest absolute Gasteiger partial charge is 0.232 e. The third-order valence-electron chi connectivity index (χ3n) is 3.19. The van der Waals surface area contributed by atoms with Gasteiger partial charge in [-0.05, 0) is 24.3 Å². The molecule has 0 aliphatic carbocycles. The quantitative estimate of drug-likeness (QED) is 0.833. The number of nitrogens with zero attached hydrogens (tertiary/aromatic N) is 1. The van der Waals surface area contributed by atoms with Gasteiger partial charge in [-0.1, -0.05) is 30.3 Å². The van der Waals surface area contributed by atoms with Crippen LogP contribution in [0.4, 0.5) is 5.69 Å². The van der Waals surface area contributed by atoms with E-state index < -0.39 is 10.0 Å². The highest BCUT2D eigenvalue weighted by molar-refractivity contribution is 7.92. The first-order valence-corrected chi connectivity index (χ1v) is 9.27. The maximum atomic E-state index is 12.2. The van der Waals surface area contributed by atoms with Crippen LogP contribution in [0.1, 0.15) is 6.92 Å². The molecule has 0 aliphatic rings. The molecule has 0 saturated carbocycles. The van der Waals surface area contributed by atoms with E-state index in [2.05, 4.69) is 5.32 Å². The Morgan fingerprint density at radius 3 is 2.33 bits per heavy atom. The summed E-state index contributed by atoms with van der Waals surface area (Å²) in [5.41, 5.74) is 0.425. The highest BCUT2D eigenvalue weighted by atomic mass is 32.2. The second kappa shape index (κ2) is 7.83. The predicted molar refractivity (Wildman–Crippen MR) is 93.8 cm³/mol. The van der Waals surface area contributed by atoms with E-state index in [0.717, 1.165) is 6.26 Å². The van der Waals surface area contributed by atoms with Crippen LogP contribution < -0.4 is 14.4 Å². The SMILES string of the molecule is CC(=O)NCCN(c1ccccc1Oc1ccccc1)S(C)(=O)=O. The predicted octanol–water partition coefficient (Wildman–Crippen LogP) is 2.38. The lowest BCUT2D eigenvalue weighted by atomic mass is 10.3. The lowest BCUT2D eigenvalue weighted by Crippen LogP contribution is -2.37. The van der Waals surface area contributed by atoms with Crippen LogP contribution in [0.5, 0.6) is 11.5 Å². The monoisotopic (exact) mass is 348 g/mol. The van der Waals surface area contributed by atoms with Crippen molar-refractivity contribution >= 4 is 21.6 Å². The van der Waals surface area contributed by atoms with Crippen LogP contribution in [-0.2, 0) is 14.8 Å². The van der Waals surface area contributed by atoms with Crippen LogP contribution in [0.3, 0.4) is 0 Å². The Balaban J connectivity index is 2.30. The molecule has 0 spiro atoms. The molecule has 2 aromatic carbocycles. The topological polar surface area (TPSA) is 75.7 Å². The molecular weight excluding hydrogens is 328 g/mol. The van der Waals surface area contributed by atoms with Gasteiger partial charge >= 0.3 is 0 Å². The summed E-state index contributed by atoms with van der Waals surface area (Å²) in [5.74, 6) is 0.828. The Labute approximate surface area is 142 Å². The number of amides is 1. The van der Waals surface area contributed by atoms with E-state index in [9.17, 15) is 13.2 Å². The molecule has 0 heterocycles. The molecule has 0 saturated heterocycles. The zero-order valence-electron chi connectivity index (χ0n) is 13.6. The lowest BCUT2D eigenvalue weighted by molar-refractivity contribution is -0.118. The molecule has 6 nitrogen and oxygen atoms in total. The van der Waals surface area contributed by atoms with Crippen LogP contribution in [0.15, 0.2) is 54.6 Å². The number of hydrogen-bond acceptors (Lipinski definition) is 4. The van der Waals surface area contributed by atoms with Crippen LogP contribution in [-0.4, -0.2) is 33.7 Å². The van der Waals surface area contributed by atoms with E-state index in [-0.39, 0.29) is 19.0 Å². The molecule has 0 radical (unpaired) electrons. The number of nitrogens with one attached hydrogen (secondary N) is 1. The highest BCUT2D eigenvalue weighted by Gasteiger charge is 2.21. The van der Waals surface area contributed by atoms with E-state index in [4.69, 9.17) is 4.74 Å². The van der Waals surface area contributed by atoms with Gasteiger partial charge in [0.15, 0.2) is 5.75 Å². The fourth-order valence-corrected chi connectivity index (χ4v) is 3.09. The zero-order valence-corrected chi connectivity index (χ0v) is 14.4. The number of hydrogen-bond donors (Lipinski definition) is 1. The number of sulfonamides is 1. The molecule has 0 aromatic heterocycles. The van der Waals surface area contributed by atoms with Crippen LogP contribution in [0, 0.1) is 0 Å². The number of rotatable bonds is 7. The summed E-state index contributed by atoms with van der Waals surface area (Å²) in [5, 5.41) is 2.60. The number of anilines is 1. The molecule has 0 unspecified atom stereocenters. The first-order chi connectivity index (χ1) is 11.4. The molecular formula is C17H20N2O4S. The molecule has 24 heavy (non-hydrogen) atoms. The average Bonchev–Trinajstić information content (AvgIpc) is 2.52. The van der Waals surface area contributed by atoms with Crippen molar-refractivity contribution in [2.24, 2.45) is 0 Å². The van der Waals surface area contributed by atoms with E-state index in [1.807, 2.05) is 18.2 Å². The number of benzene rings is 2. The summed E-state index contributed by atoms with van der Waals surface area (Å²) < 4.78 is 31.4. The second-order valence-electron chi connectivity index (χ2n) is 5.20. The standard InChI is InChI=1S/C17H20N2O4S/c1-14(20)18-12-13-19(24(2,21)22)16-10-6-7-11-17(16)23-15-8-4-3-5-9-15/h3-11H,12-13H2,1-2H3,(H,18,20). The van der Waals surface area contributed by atoms with Gasteiger partial charge in [0.2, 0.25) is 15.9 Å². The van der Waals surface area contributed by atoms with Crippen LogP contribution >= 0.6 is 0 Å². The third-order valence-corrected chi connectivity index (χ3v) is 4.37. The van der Waals surface area contributed by atoms with Crippen molar-refractivity contribution in [1.82, 2.24) is 5.32 Å². The second-order valence-corrected chi connectivity index (χ2v) is 7.11. The van der Waals surface area contributed by atoms with E-state index >= 15 is 0 Å². The van der Waals surface area contributed by atoms with Gasteiger partial charge < -0.3 is 10.1 Å².